The Hall–Kier alpha value is -2.91. The molecule has 0 aliphatic carbocycles. The van der Waals surface area contributed by atoms with Crippen molar-refractivity contribution < 1.29 is 56.8 Å². The summed E-state index contributed by atoms with van der Waals surface area (Å²) in [4.78, 5) is 25.1. The molecule has 0 aromatic rings. The number of unbranched alkanes of at least 4 members (excludes halogenated alkanes) is 7. The maximum Gasteiger partial charge on any atom is 0.306 e. The number of aliphatic hydroxyl groups is 3. The average Bonchev–Trinajstić information content (AvgIpc) is 3.09. The molecule has 0 saturated carbocycles. The third-order valence-electron chi connectivity index (χ3n) is 7.65. The number of carbonyl (C=O) groups is 2. The molecule has 1 saturated heterocycles. The van der Waals surface area contributed by atoms with Crippen molar-refractivity contribution in [2.45, 2.75) is 134 Å². The van der Waals surface area contributed by atoms with Crippen molar-refractivity contribution in [1.29, 1.82) is 0 Å². The number of ether oxygens (including phenoxy) is 4. The largest absolute Gasteiger partial charge is 0.462 e. The number of carbonyl (C=O) groups excluding carboxylic acids is 2. The Bertz CT molecular complexity index is 1240. The van der Waals surface area contributed by atoms with E-state index >= 15 is 0 Å². The van der Waals surface area contributed by atoms with Crippen LogP contribution in [0.25, 0.3) is 0 Å². The predicted octanol–water partition coefficient (Wildman–Crippen LogP) is 5.60. The first-order valence-electron chi connectivity index (χ1n) is 18.1. The second kappa shape index (κ2) is 28.6. The second-order valence-corrected chi connectivity index (χ2v) is 13.8. The zero-order valence-electron chi connectivity index (χ0n) is 30.2. The summed E-state index contributed by atoms with van der Waals surface area (Å²) in [6.07, 6.45) is 24.2. The summed E-state index contributed by atoms with van der Waals surface area (Å²) < 4.78 is 53.6. The third kappa shape index (κ3) is 24.1. The van der Waals surface area contributed by atoms with Gasteiger partial charge in [-0.1, -0.05) is 112 Å². The Labute approximate surface area is 304 Å². The van der Waals surface area contributed by atoms with Crippen molar-refractivity contribution in [3.05, 3.63) is 72.9 Å². The van der Waals surface area contributed by atoms with Gasteiger partial charge in [-0.2, -0.15) is 8.42 Å². The van der Waals surface area contributed by atoms with Crippen molar-refractivity contribution in [3.8, 4) is 0 Å². The molecule has 0 spiro atoms. The van der Waals surface area contributed by atoms with Gasteiger partial charge in [-0.3, -0.25) is 14.1 Å². The van der Waals surface area contributed by atoms with Crippen LogP contribution < -0.4 is 0 Å². The lowest BCUT2D eigenvalue weighted by Gasteiger charge is -2.40. The third-order valence-corrected chi connectivity index (χ3v) is 8.40. The highest BCUT2D eigenvalue weighted by molar-refractivity contribution is 7.85. The highest BCUT2D eigenvalue weighted by Gasteiger charge is 2.46. The highest BCUT2D eigenvalue weighted by Crippen LogP contribution is 2.23. The minimum atomic E-state index is -4.61. The smallest absolute Gasteiger partial charge is 0.306 e. The number of esters is 2. The van der Waals surface area contributed by atoms with Gasteiger partial charge in [0.1, 0.15) is 36.8 Å². The molecule has 51 heavy (non-hydrogen) atoms. The molecule has 1 aliphatic heterocycles. The minimum absolute atomic E-state index is 0.0617. The molecule has 3 unspecified atom stereocenters. The highest BCUT2D eigenvalue weighted by atomic mass is 32.2. The molecule has 4 N–H and O–H groups in total. The SMILES string of the molecule is CC/C=C/C=C/C=C/C=C/C=C/CCCC(=O)OC(COC(=O)CCCCCC/C=C/CCCC)CO[C@H]1O[C@H](CS(=O)(=O)O)[C@@H](O)C(O)C1O. The van der Waals surface area contributed by atoms with Crippen LogP contribution in [0.15, 0.2) is 72.9 Å². The van der Waals surface area contributed by atoms with Crippen molar-refractivity contribution >= 4 is 22.1 Å². The van der Waals surface area contributed by atoms with Crippen molar-refractivity contribution in [3.63, 3.8) is 0 Å². The molecule has 1 fully saturated rings. The minimum Gasteiger partial charge on any atom is -0.462 e. The van der Waals surface area contributed by atoms with Crippen molar-refractivity contribution in [2.75, 3.05) is 19.0 Å². The van der Waals surface area contributed by atoms with E-state index in [4.69, 9.17) is 18.9 Å². The maximum absolute atomic E-state index is 12.7. The second-order valence-electron chi connectivity index (χ2n) is 12.3. The molecule has 1 aliphatic rings. The van der Waals surface area contributed by atoms with Crippen LogP contribution in [-0.4, -0.2) is 96.0 Å². The summed E-state index contributed by atoms with van der Waals surface area (Å²) in [5.74, 6) is -2.11. The van der Waals surface area contributed by atoms with E-state index in [9.17, 15) is 37.9 Å². The molecule has 0 amide bonds. The van der Waals surface area contributed by atoms with Crippen LogP contribution in [0.3, 0.4) is 0 Å². The zero-order valence-corrected chi connectivity index (χ0v) is 31.0. The summed E-state index contributed by atoms with van der Waals surface area (Å²) in [5, 5.41) is 30.7. The van der Waals surface area contributed by atoms with E-state index in [2.05, 4.69) is 32.1 Å². The first kappa shape index (κ1) is 46.1. The van der Waals surface area contributed by atoms with Gasteiger partial charge in [-0.05, 0) is 44.9 Å². The van der Waals surface area contributed by atoms with Crippen molar-refractivity contribution in [1.82, 2.24) is 0 Å². The van der Waals surface area contributed by atoms with Crippen molar-refractivity contribution in [2.24, 2.45) is 0 Å². The Balaban J connectivity index is 2.65. The Morgan fingerprint density at radius 2 is 1.27 bits per heavy atom. The monoisotopic (exact) mass is 740 g/mol. The topological polar surface area (TPSA) is 186 Å². The molecular weight excluding hydrogens is 680 g/mol. The van der Waals surface area contributed by atoms with Gasteiger partial charge in [0.2, 0.25) is 0 Å². The van der Waals surface area contributed by atoms with Gasteiger partial charge in [0, 0.05) is 12.8 Å². The lowest BCUT2D eigenvalue weighted by molar-refractivity contribution is -0.297. The van der Waals surface area contributed by atoms with Crippen LogP contribution in [0.2, 0.25) is 0 Å². The van der Waals surface area contributed by atoms with Crippen LogP contribution in [0, 0.1) is 0 Å². The fourth-order valence-corrected chi connectivity index (χ4v) is 5.49. The molecule has 12 nitrogen and oxygen atoms in total. The standard InChI is InChI=1S/C38H60O12S/c1-3-5-7-9-11-13-15-16-17-19-21-23-25-27-34(40)49-31(28-47-33(39)26-24-22-20-18-14-12-10-8-6-4-2)29-48-38-37(43)36(42)35(41)32(50-38)30-51(44,45)46/h5,7,9-13,15-17,19,21,31-32,35-38,41-43H,3-4,6,8,14,18,20,22-30H2,1-2H3,(H,44,45,46)/b7-5+,11-9+,12-10+,15-13+,17-16+,21-19+/t31?,32-,35-,36?,37?,38+/m1/s1. The molecular formula is C38H60O12S. The molecule has 0 bridgehead atoms. The zero-order chi connectivity index (χ0) is 37.7. The Morgan fingerprint density at radius 1 is 0.686 bits per heavy atom. The first-order chi connectivity index (χ1) is 24.5. The summed E-state index contributed by atoms with van der Waals surface area (Å²) in [5.41, 5.74) is 0. The maximum atomic E-state index is 12.7. The lowest BCUT2D eigenvalue weighted by atomic mass is 10.00. The van der Waals surface area contributed by atoms with E-state index in [1.807, 2.05) is 54.7 Å². The predicted molar refractivity (Wildman–Crippen MR) is 196 cm³/mol. The van der Waals surface area contributed by atoms with Gasteiger partial charge in [0.15, 0.2) is 12.4 Å². The normalized spacial score (nSPS) is 22.4. The fraction of sp³-hybridized carbons (Fsp3) is 0.632. The van der Waals surface area contributed by atoms with Gasteiger partial charge in [-0.25, -0.2) is 0 Å². The van der Waals surface area contributed by atoms with E-state index in [0.717, 1.165) is 38.5 Å². The van der Waals surface area contributed by atoms with E-state index in [1.54, 1.807) is 0 Å². The summed E-state index contributed by atoms with van der Waals surface area (Å²) >= 11 is 0. The van der Waals surface area contributed by atoms with E-state index < -0.39 is 71.2 Å². The van der Waals surface area contributed by atoms with Crippen LogP contribution in [-0.2, 0) is 38.7 Å². The van der Waals surface area contributed by atoms with Gasteiger partial charge in [0.25, 0.3) is 10.1 Å². The van der Waals surface area contributed by atoms with E-state index in [1.165, 1.54) is 12.8 Å². The van der Waals surface area contributed by atoms with Crippen LogP contribution in [0.4, 0.5) is 0 Å². The fourth-order valence-electron chi connectivity index (χ4n) is 4.80. The molecule has 0 radical (unpaired) electrons. The molecule has 1 heterocycles. The Morgan fingerprint density at radius 3 is 1.92 bits per heavy atom. The quantitative estimate of drug-likeness (QED) is 0.0269. The van der Waals surface area contributed by atoms with Gasteiger partial charge in [0.05, 0.1) is 6.61 Å². The molecule has 290 valence electrons. The number of aliphatic hydroxyl groups excluding tert-OH is 3. The summed E-state index contributed by atoms with van der Waals surface area (Å²) in [7, 11) is -4.61. The molecule has 13 heteroatoms. The summed E-state index contributed by atoms with van der Waals surface area (Å²) in [6.45, 7) is 3.44. The van der Waals surface area contributed by atoms with Crippen LogP contribution in [0.5, 0.6) is 0 Å². The number of rotatable bonds is 27. The van der Waals surface area contributed by atoms with Gasteiger partial charge >= 0.3 is 11.9 Å². The molecule has 6 atom stereocenters. The van der Waals surface area contributed by atoms with E-state index in [-0.39, 0.29) is 19.4 Å². The van der Waals surface area contributed by atoms with Gasteiger partial charge < -0.3 is 34.3 Å². The van der Waals surface area contributed by atoms with Crippen LogP contribution in [0.1, 0.15) is 97.3 Å². The lowest BCUT2D eigenvalue weighted by Crippen LogP contribution is -2.60. The van der Waals surface area contributed by atoms with Crippen LogP contribution >= 0.6 is 0 Å². The Kier molecular flexibility index (Phi) is 25.9. The first-order valence-corrected chi connectivity index (χ1v) is 19.7. The molecule has 0 aromatic carbocycles. The number of allylic oxidation sites excluding steroid dienone is 12. The number of hydrogen-bond donors (Lipinski definition) is 4. The van der Waals surface area contributed by atoms with E-state index in [0.29, 0.717) is 19.3 Å². The number of hydrogen-bond acceptors (Lipinski definition) is 11. The molecule has 1 rings (SSSR count). The summed E-state index contributed by atoms with van der Waals surface area (Å²) in [6, 6.07) is 0. The van der Waals surface area contributed by atoms with Gasteiger partial charge in [-0.15, -0.1) is 0 Å². The average molecular weight is 741 g/mol. The molecule has 0 aromatic heterocycles.